The van der Waals surface area contributed by atoms with Crippen molar-refractivity contribution in [1.82, 2.24) is 24.1 Å². The third-order valence-electron chi connectivity index (χ3n) is 4.30. The van der Waals surface area contributed by atoms with E-state index in [9.17, 15) is 14.4 Å². The lowest BCUT2D eigenvalue weighted by Gasteiger charge is -2.10. The summed E-state index contributed by atoms with van der Waals surface area (Å²) in [6, 6.07) is 3.61. The highest BCUT2D eigenvalue weighted by atomic mass is 79.9. The van der Waals surface area contributed by atoms with Crippen LogP contribution in [0.3, 0.4) is 0 Å². The van der Waals surface area contributed by atoms with Crippen molar-refractivity contribution >= 4 is 55.1 Å². The lowest BCUT2D eigenvalue weighted by Crippen LogP contribution is -2.37. The molecular formula is C19H18Br2N6O4. The van der Waals surface area contributed by atoms with Crippen LogP contribution in [-0.2, 0) is 25.4 Å². The van der Waals surface area contributed by atoms with Crippen molar-refractivity contribution in [2.45, 2.75) is 6.54 Å². The van der Waals surface area contributed by atoms with E-state index in [1.54, 1.807) is 12.1 Å². The summed E-state index contributed by atoms with van der Waals surface area (Å²) in [6.45, 7) is 3.75. The first kappa shape index (κ1) is 22.7. The van der Waals surface area contributed by atoms with Gasteiger partial charge in [0.2, 0.25) is 0 Å². The Hall–Kier alpha value is -2.99. The summed E-state index contributed by atoms with van der Waals surface area (Å²) < 4.78 is 10.8. The van der Waals surface area contributed by atoms with Gasteiger partial charge in [0, 0.05) is 24.1 Å². The number of carbonyl (C=O) groups excluding carboxylic acids is 1. The van der Waals surface area contributed by atoms with E-state index in [0.29, 0.717) is 22.4 Å². The third kappa shape index (κ3) is 4.69. The van der Waals surface area contributed by atoms with E-state index in [-0.39, 0.29) is 17.7 Å². The first-order valence-electron chi connectivity index (χ1n) is 8.90. The third-order valence-corrected chi connectivity index (χ3v) is 5.35. The molecule has 1 amide bonds. The fourth-order valence-corrected chi connectivity index (χ4v) is 4.26. The molecule has 0 aliphatic heterocycles. The molecule has 0 aliphatic rings. The normalized spacial score (nSPS) is 11.2. The van der Waals surface area contributed by atoms with Crippen molar-refractivity contribution in [1.29, 1.82) is 0 Å². The number of nitrogens with one attached hydrogen (secondary N) is 1. The number of aromatic nitrogens is 4. The number of amides is 1. The van der Waals surface area contributed by atoms with Gasteiger partial charge in [0.25, 0.3) is 11.5 Å². The van der Waals surface area contributed by atoms with Crippen molar-refractivity contribution in [3.05, 3.63) is 66.5 Å². The minimum absolute atomic E-state index is 0.101. The Morgan fingerprint density at radius 3 is 2.74 bits per heavy atom. The van der Waals surface area contributed by atoms with Gasteiger partial charge in [-0.15, -0.1) is 0 Å². The second kappa shape index (κ2) is 9.43. The van der Waals surface area contributed by atoms with Crippen LogP contribution in [0.5, 0.6) is 5.75 Å². The number of carbonyl (C=O) groups is 1. The molecule has 0 bridgehead atoms. The van der Waals surface area contributed by atoms with Gasteiger partial charge in [-0.1, -0.05) is 28.6 Å². The zero-order valence-electron chi connectivity index (χ0n) is 16.6. The smallest absolute Gasteiger partial charge is 0.332 e. The fourth-order valence-electron chi connectivity index (χ4n) is 2.89. The molecular weight excluding hydrogens is 536 g/mol. The highest BCUT2D eigenvalue weighted by Crippen LogP contribution is 2.32. The topological polar surface area (TPSA) is 113 Å². The molecule has 10 nitrogen and oxygen atoms in total. The van der Waals surface area contributed by atoms with Gasteiger partial charge in [-0.25, -0.2) is 15.2 Å². The molecule has 162 valence electrons. The maximum atomic E-state index is 12.4. The maximum Gasteiger partial charge on any atom is 0.332 e. The minimum Gasteiger partial charge on any atom is -0.488 e. The van der Waals surface area contributed by atoms with Gasteiger partial charge in [-0.05, 0) is 28.1 Å². The highest BCUT2D eigenvalue weighted by Gasteiger charge is 2.15. The number of imidazole rings is 1. The van der Waals surface area contributed by atoms with E-state index < -0.39 is 17.2 Å². The van der Waals surface area contributed by atoms with Gasteiger partial charge in [0.1, 0.15) is 24.5 Å². The van der Waals surface area contributed by atoms with Crippen molar-refractivity contribution in [3.8, 4) is 5.75 Å². The van der Waals surface area contributed by atoms with Gasteiger partial charge in [0.15, 0.2) is 5.52 Å². The van der Waals surface area contributed by atoms with E-state index in [4.69, 9.17) is 4.74 Å². The van der Waals surface area contributed by atoms with Gasteiger partial charge < -0.3 is 9.30 Å². The van der Waals surface area contributed by atoms with E-state index in [1.807, 2.05) is 6.07 Å². The van der Waals surface area contributed by atoms with Gasteiger partial charge in [-0.3, -0.25) is 18.7 Å². The van der Waals surface area contributed by atoms with Crippen molar-refractivity contribution in [3.63, 3.8) is 0 Å². The summed E-state index contributed by atoms with van der Waals surface area (Å²) in [5, 5.41) is 3.98. The number of nitrogens with zero attached hydrogens (tertiary/aromatic N) is 5. The average Bonchev–Trinajstić information content (AvgIpc) is 3.13. The largest absolute Gasteiger partial charge is 0.488 e. The summed E-state index contributed by atoms with van der Waals surface area (Å²) >= 11 is 6.83. The average molecular weight is 554 g/mol. The van der Waals surface area contributed by atoms with E-state index in [2.05, 4.69) is 54.0 Å². The summed E-state index contributed by atoms with van der Waals surface area (Å²) in [4.78, 5) is 40.8. The Kier molecular flexibility index (Phi) is 6.91. The van der Waals surface area contributed by atoms with Crippen LogP contribution in [0.15, 0.2) is 54.8 Å². The molecule has 1 N–H and O–H groups in total. The SMILES string of the molecule is C=CCOc1c(Br)cc(Br)cc1/C=N/NC(=O)Cn1cnc2c(=O)n(C)c(=O)n(C)c21. The second-order valence-corrected chi connectivity index (χ2v) is 8.22. The molecule has 2 aromatic heterocycles. The molecule has 3 aromatic rings. The van der Waals surface area contributed by atoms with Crippen LogP contribution in [0.25, 0.3) is 11.2 Å². The zero-order valence-corrected chi connectivity index (χ0v) is 19.8. The van der Waals surface area contributed by atoms with Crippen LogP contribution in [0.1, 0.15) is 5.56 Å². The molecule has 0 unspecified atom stereocenters. The Morgan fingerprint density at radius 1 is 1.29 bits per heavy atom. The highest BCUT2D eigenvalue weighted by molar-refractivity contribution is 9.11. The molecule has 31 heavy (non-hydrogen) atoms. The maximum absolute atomic E-state index is 12.4. The first-order chi connectivity index (χ1) is 14.7. The summed E-state index contributed by atoms with van der Waals surface area (Å²) in [7, 11) is 2.88. The Bertz CT molecular complexity index is 1320. The fraction of sp³-hybridized carbons (Fsp3) is 0.211. The molecule has 12 heteroatoms. The monoisotopic (exact) mass is 552 g/mol. The Morgan fingerprint density at radius 2 is 2.03 bits per heavy atom. The number of rotatable bonds is 7. The molecule has 0 aliphatic carbocycles. The quantitative estimate of drug-likeness (QED) is 0.272. The number of hydrogen-bond donors (Lipinski definition) is 1. The standard InChI is InChI=1S/C19H18Br2N6O4/c1-4-5-31-16-11(6-12(20)7-13(16)21)8-23-24-14(28)9-27-10-22-15-17(27)25(2)19(30)26(3)18(15)29/h4,6-8,10H,1,5,9H2,2-3H3,(H,24,28)/b23-8+. The van der Waals surface area contributed by atoms with Gasteiger partial charge in [0.05, 0.1) is 17.0 Å². The Labute approximate surface area is 193 Å². The second-order valence-electron chi connectivity index (χ2n) is 6.45. The van der Waals surface area contributed by atoms with Crippen LogP contribution in [0, 0.1) is 0 Å². The van der Waals surface area contributed by atoms with E-state index in [1.165, 1.54) is 35.8 Å². The number of aryl methyl sites for hydroxylation is 1. The summed E-state index contributed by atoms with van der Waals surface area (Å²) in [5.41, 5.74) is 2.37. The van der Waals surface area contributed by atoms with E-state index in [0.717, 1.165) is 9.04 Å². The number of hydrazone groups is 1. The van der Waals surface area contributed by atoms with Crippen LogP contribution in [0.4, 0.5) is 0 Å². The van der Waals surface area contributed by atoms with Gasteiger partial charge in [-0.2, -0.15) is 5.10 Å². The van der Waals surface area contributed by atoms with Gasteiger partial charge >= 0.3 is 5.69 Å². The van der Waals surface area contributed by atoms with Crippen LogP contribution >= 0.6 is 31.9 Å². The first-order valence-corrected chi connectivity index (χ1v) is 10.5. The van der Waals surface area contributed by atoms with Crippen molar-refractivity contribution in [2.24, 2.45) is 19.2 Å². The zero-order chi connectivity index (χ0) is 22.7. The molecule has 0 saturated carbocycles. The molecule has 3 rings (SSSR count). The lowest BCUT2D eigenvalue weighted by atomic mass is 10.2. The van der Waals surface area contributed by atoms with Crippen LogP contribution < -0.4 is 21.4 Å². The molecule has 0 fully saturated rings. The minimum atomic E-state index is -0.525. The number of fused-ring (bicyclic) bond motifs is 1. The molecule has 0 saturated heterocycles. The Balaban J connectivity index is 1.80. The van der Waals surface area contributed by atoms with Crippen molar-refractivity contribution < 1.29 is 9.53 Å². The lowest BCUT2D eigenvalue weighted by molar-refractivity contribution is -0.121. The van der Waals surface area contributed by atoms with E-state index >= 15 is 0 Å². The summed E-state index contributed by atoms with van der Waals surface area (Å²) in [5.74, 6) is 0.0823. The molecule has 0 atom stereocenters. The molecule has 0 spiro atoms. The molecule has 1 aromatic carbocycles. The number of hydrogen-bond acceptors (Lipinski definition) is 6. The van der Waals surface area contributed by atoms with Crippen molar-refractivity contribution in [2.75, 3.05) is 6.61 Å². The molecule has 0 radical (unpaired) electrons. The van der Waals surface area contributed by atoms with Crippen LogP contribution in [0.2, 0.25) is 0 Å². The molecule has 2 heterocycles. The van der Waals surface area contributed by atoms with Crippen LogP contribution in [-0.4, -0.2) is 37.4 Å². The number of benzene rings is 1. The predicted molar refractivity (Wildman–Crippen MR) is 123 cm³/mol. The summed E-state index contributed by atoms with van der Waals surface area (Å²) in [6.07, 6.45) is 4.40. The number of halogens is 2. The predicted octanol–water partition coefficient (Wildman–Crippen LogP) is 1.67. The number of ether oxygens (including phenoxy) is 1.